The summed E-state index contributed by atoms with van der Waals surface area (Å²) in [6.07, 6.45) is 0.159. The highest BCUT2D eigenvalue weighted by molar-refractivity contribution is 8.16. The van der Waals surface area contributed by atoms with Crippen LogP contribution in [-0.2, 0) is 21.1 Å². The van der Waals surface area contributed by atoms with E-state index in [9.17, 15) is 13.2 Å². The zero-order chi connectivity index (χ0) is 23.0. The van der Waals surface area contributed by atoms with E-state index in [1.54, 1.807) is 17.0 Å². The molecule has 0 aromatic heterocycles. The van der Waals surface area contributed by atoms with Crippen molar-refractivity contribution < 1.29 is 22.7 Å². The highest BCUT2D eigenvalue weighted by Gasteiger charge is 2.50. The monoisotopic (exact) mass is 494 g/mol. The SMILES string of the molecule is COc1cc(OC)c(N2C(=NC(=O)Cc3ccc(C)cc3)S[C@H]3CS(=O)(=O)C[C@@H]32)cc1Cl. The number of ether oxygens (including phenoxy) is 2. The van der Waals surface area contributed by atoms with E-state index in [2.05, 4.69) is 4.99 Å². The van der Waals surface area contributed by atoms with Crippen molar-refractivity contribution in [3.63, 3.8) is 0 Å². The molecule has 0 radical (unpaired) electrons. The third-order valence-corrected chi connectivity index (χ3v) is 8.98. The summed E-state index contributed by atoms with van der Waals surface area (Å²) in [4.78, 5) is 18.9. The minimum atomic E-state index is -3.19. The summed E-state index contributed by atoms with van der Waals surface area (Å²) < 4.78 is 35.4. The number of thioether (sulfide) groups is 1. The molecule has 0 saturated carbocycles. The van der Waals surface area contributed by atoms with E-state index in [4.69, 9.17) is 21.1 Å². The summed E-state index contributed by atoms with van der Waals surface area (Å²) in [5.41, 5.74) is 2.53. The zero-order valence-electron chi connectivity index (χ0n) is 17.9. The van der Waals surface area contributed by atoms with Crippen LogP contribution in [0.4, 0.5) is 5.69 Å². The molecule has 0 aliphatic carbocycles. The summed E-state index contributed by atoms with van der Waals surface area (Å²) in [5.74, 6) is 0.598. The first-order valence-corrected chi connectivity index (χ1v) is 13.0. The number of sulfone groups is 1. The van der Waals surface area contributed by atoms with Gasteiger partial charge in [-0.2, -0.15) is 4.99 Å². The Hall–Kier alpha value is -2.23. The summed E-state index contributed by atoms with van der Waals surface area (Å²) in [6.45, 7) is 1.99. The first-order valence-electron chi connectivity index (χ1n) is 9.95. The van der Waals surface area contributed by atoms with Crippen LogP contribution >= 0.6 is 23.4 Å². The predicted octanol–water partition coefficient (Wildman–Crippen LogP) is 3.51. The first-order chi connectivity index (χ1) is 15.2. The number of rotatable bonds is 5. The molecule has 0 unspecified atom stereocenters. The van der Waals surface area contributed by atoms with Gasteiger partial charge in [-0.05, 0) is 18.6 Å². The molecule has 2 saturated heterocycles. The summed E-state index contributed by atoms with van der Waals surface area (Å²) in [6, 6.07) is 10.6. The van der Waals surface area contributed by atoms with Crippen molar-refractivity contribution in [3.05, 3.63) is 52.5 Å². The predicted molar refractivity (Wildman–Crippen MR) is 128 cm³/mol. The van der Waals surface area contributed by atoms with E-state index in [-0.39, 0.29) is 35.1 Å². The van der Waals surface area contributed by atoms with Gasteiger partial charge in [-0.15, -0.1) is 0 Å². The van der Waals surface area contributed by atoms with Crippen LogP contribution in [0.5, 0.6) is 11.5 Å². The number of fused-ring (bicyclic) bond motifs is 1. The van der Waals surface area contributed by atoms with Gasteiger partial charge in [0.1, 0.15) is 11.5 Å². The quantitative estimate of drug-likeness (QED) is 0.628. The van der Waals surface area contributed by atoms with Crippen LogP contribution in [0.3, 0.4) is 0 Å². The van der Waals surface area contributed by atoms with Gasteiger partial charge in [0.25, 0.3) is 5.91 Å². The van der Waals surface area contributed by atoms with Crippen LogP contribution in [-0.4, -0.2) is 56.5 Å². The number of aryl methyl sites for hydroxylation is 1. The highest BCUT2D eigenvalue weighted by atomic mass is 35.5. The number of hydrogen-bond donors (Lipinski definition) is 0. The molecule has 2 heterocycles. The summed E-state index contributed by atoms with van der Waals surface area (Å²) in [7, 11) is -0.181. The van der Waals surface area contributed by atoms with Gasteiger partial charge < -0.3 is 14.4 Å². The molecule has 2 atom stereocenters. The van der Waals surface area contributed by atoms with Gasteiger partial charge in [0.2, 0.25) is 0 Å². The maximum absolute atomic E-state index is 12.8. The van der Waals surface area contributed by atoms with Crippen LogP contribution in [0.15, 0.2) is 41.4 Å². The fraction of sp³-hybridized carbons (Fsp3) is 0.364. The van der Waals surface area contributed by atoms with Crippen LogP contribution < -0.4 is 14.4 Å². The van der Waals surface area contributed by atoms with Crippen molar-refractivity contribution in [2.45, 2.75) is 24.6 Å². The zero-order valence-corrected chi connectivity index (χ0v) is 20.3. The minimum Gasteiger partial charge on any atom is -0.495 e. The lowest BCUT2D eigenvalue weighted by molar-refractivity contribution is -0.117. The standard InChI is InChI=1S/C22H23ClN2O5S2/c1-13-4-6-14(7-5-13)8-21(26)24-22-25(17-11-32(27,28)12-20(17)31-22)16-9-15(23)18(29-2)10-19(16)30-3/h4-7,9-10,17,20H,8,11-12H2,1-3H3/t17-,20-/m0/s1. The molecular weight excluding hydrogens is 472 g/mol. The van der Waals surface area contributed by atoms with Gasteiger partial charge in [0.05, 0.1) is 48.9 Å². The molecule has 7 nitrogen and oxygen atoms in total. The Bertz CT molecular complexity index is 1180. The number of methoxy groups -OCH3 is 2. The molecular formula is C22H23ClN2O5S2. The Kier molecular flexibility index (Phi) is 6.42. The van der Waals surface area contributed by atoms with E-state index in [1.807, 2.05) is 31.2 Å². The van der Waals surface area contributed by atoms with E-state index in [0.717, 1.165) is 11.1 Å². The molecule has 4 rings (SSSR count). The Morgan fingerprint density at radius 2 is 1.84 bits per heavy atom. The smallest absolute Gasteiger partial charge is 0.252 e. The third kappa shape index (κ3) is 4.60. The molecule has 0 bridgehead atoms. The normalized spacial score (nSPS) is 22.8. The van der Waals surface area contributed by atoms with Gasteiger partial charge in [-0.1, -0.05) is 53.2 Å². The summed E-state index contributed by atoms with van der Waals surface area (Å²) in [5, 5.41) is 0.575. The number of anilines is 1. The number of aliphatic imine (C=N–C) groups is 1. The Balaban J connectivity index is 1.72. The fourth-order valence-electron chi connectivity index (χ4n) is 3.91. The van der Waals surface area contributed by atoms with Crippen molar-refractivity contribution in [1.82, 2.24) is 0 Å². The lowest BCUT2D eigenvalue weighted by Crippen LogP contribution is -2.38. The minimum absolute atomic E-state index is 0.0252. The van der Waals surface area contributed by atoms with Crippen LogP contribution in [0.1, 0.15) is 11.1 Å². The van der Waals surface area contributed by atoms with Crippen molar-refractivity contribution in [2.75, 3.05) is 30.6 Å². The second-order valence-electron chi connectivity index (χ2n) is 7.78. The number of nitrogens with zero attached hydrogens (tertiary/aromatic N) is 2. The number of hydrogen-bond acceptors (Lipinski definition) is 6. The molecule has 2 fully saturated rings. The molecule has 2 aliphatic rings. The lowest BCUT2D eigenvalue weighted by Gasteiger charge is -2.26. The number of carbonyl (C=O) groups is 1. The van der Waals surface area contributed by atoms with E-state index >= 15 is 0 Å². The molecule has 10 heteroatoms. The maximum Gasteiger partial charge on any atom is 0.252 e. The molecule has 32 heavy (non-hydrogen) atoms. The fourth-order valence-corrected chi connectivity index (χ4v) is 8.06. The first kappa shape index (κ1) is 22.9. The van der Waals surface area contributed by atoms with Crippen LogP contribution in [0, 0.1) is 6.92 Å². The molecule has 170 valence electrons. The van der Waals surface area contributed by atoms with E-state index < -0.39 is 9.84 Å². The van der Waals surface area contributed by atoms with Gasteiger partial charge in [-0.3, -0.25) is 4.79 Å². The second kappa shape index (κ2) is 8.96. The van der Waals surface area contributed by atoms with Crippen LogP contribution in [0.2, 0.25) is 5.02 Å². The average molecular weight is 495 g/mol. The van der Waals surface area contributed by atoms with E-state index in [0.29, 0.717) is 27.4 Å². The van der Waals surface area contributed by atoms with Crippen molar-refractivity contribution in [1.29, 1.82) is 0 Å². The molecule has 2 aromatic carbocycles. The van der Waals surface area contributed by atoms with Gasteiger partial charge in [0.15, 0.2) is 15.0 Å². The number of benzene rings is 2. The molecule has 2 aliphatic heterocycles. The molecule has 2 aromatic rings. The van der Waals surface area contributed by atoms with Gasteiger partial charge in [0, 0.05) is 11.3 Å². The van der Waals surface area contributed by atoms with Crippen molar-refractivity contribution >= 4 is 50.0 Å². The third-order valence-electron chi connectivity index (χ3n) is 5.48. The number of amidine groups is 1. The van der Waals surface area contributed by atoms with Gasteiger partial charge >= 0.3 is 0 Å². The maximum atomic E-state index is 12.8. The second-order valence-corrected chi connectivity index (χ2v) is 11.5. The number of halogens is 1. The molecule has 1 amide bonds. The average Bonchev–Trinajstić information content (AvgIpc) is 3.20. The van der Waals surface area contributed by atoms with Crippen molar-refractivity contribution in [2.24, 2.45) is 4.99 Å². The molecule has 0 spiro atoms. The van der Waals surface area contributed by atoms with E-state index in [1.165, 1.54) is 26.0 Å². The Morgan fingerprint density at radius 1 is 1.16 bits per heavy atom. The highest BCUT2D eigenvalue weighted by Crippen LogP contribution is 2.46. The lowest BCUT2D eigenvalue weighted by atomic mass is 10.1. The molecule has 0 N–H and O–H groups in total. The van der Waals surface area contributed by atoms with Crippen LogP contribution in [0.25, 0.3) is 0 Å². The van der Waals surface area contributed by atoms with Crippen molar-refractivity contribution in [3.8, 4) is 11.5 Å². The number of carbonyl (C=O) groups excluding carboxylic acids is 1. The van der Waals surface area contributed by atoms with Gasteiger partial charge in [-0.25, -0.2) is 8.42 Å². The largest absolute Gasteiger partial charge is 0.495 e. The Labute approximate surface area is 196 Å². The topological polar surface area (TPSA) is 85.3 Å². The number of amides is 1. The summed E-state index contributed by atoms with van der Waals surface area (Å²) >= 11 is 7.68. The Morgan fingerprint density at radius 3 is 2.50 bits per heavy atom.